The molecule has 0 unspecified atom stereocenters. The van der Waals surface area contributed by atoms with Crippen molar-refractivity contribution in [3.05, 3.63) is 24.0 Å². The lowest BCUT2D eigenvalue weighted by atomic mass is 9.83. The predicted octanol–water partition coefficient (Wildman–Crippen LogP) is 2.25. The number of aliphatic hydroxyl groups excluding tert-OH is 1. The van der Waals surface area contributed by atoms with Gasteiger partial charge in [0.2, 0.25) is 0 Å². The number of aryl methyl sites for hydroxylation is 1. The van der Waals surface area contributed by atoms with Crippen LogP contribution in [0.3, 0.4) is 0 Å². The van der Waals surface area contributed by atoms with Gasteiger partial charge in [0.1, 0.15) is 0 Å². The Balaban J connectivity index is 1.59. The van der Waals surface area contributed by atoms with Crippen molar-refractivity contribution in [2.75, 3.05) is 6.54 Å². The molecule has 1 aromatic rings. The average molecular weight is 305 g/mol. The number of aromatic nitrogens is 1. The Labute approximate surface area is 132 Å². The summed E-state index contributed by atoms with van der Waals surface area (Å²) < 4.78 is 1.98. The summed E-state index contributed by atoms with van der Waals surface area (Å²) in [5.41, 5.74) is 1.10. The SMILES string of the molecule is Cn1ccc(CNC(=O)N2C[C@@H](O)C[C@H]2C2CCCCC2)c1. The monoisotopic (exact) mass is 305 g/mol. The van der Waals surface area contributed by atoms with Crippen LogP contribution in [0, 0.1) is 5.92 Å². The number of nitrogens with one attached hydrogen (secondary N) is 1. The maximum Gasteiger partial charge on any atom is 0.318 e. The van der Waals surface area contributed by atoms with Crippen molar-refractivity contribution in [1.82, 2.24) is 14.8 Å². The molecule has 5 heteroatoms. The van der Waals surface area contributed by atoms with Gasteiger partial charge in [0.25, 0.3) is 0 Å². The second-order valence-electron chi connectivity index (χ2n) is 6.85. The van der Waals surface area contributed by atoms with Gasteiger partial charge in [0, 0.05) is 38.6 Å². The molecule has 122 valence electrons. The first-order chi connectivity index (χ1) is 10.6. The minimum atomic E-state index is -0.366. The summed E-state index contributed by atoms with van der Waals surface area (Å²) in [6.07, 6.45) is 10.6. The Bertz CT molecular complexity index is 508. The number of carbonyl (C=O) groups excluding carboxylic acids is 1. The van der Waals surface area contributed by atoms with E-state index in [1.54, 1.807) is 0 Å². The quantitative estimate of drug-likeness (QED) is 0.900. The van der Waals surface area contributed by atoms with Crippen molar-refractivity contribution >= 4 is 6.03 Å². The molecule has 2 heterocycles. The second-order valence-corrected chi connectivity index (χ2v) is 6.85. The van der Waals surface area contributed by atoms with Crippen LogP contribution in [0.25, 0.3) is 0 Å². The van der Waals surface area contributed by atoms with Crippen LogP contribution in [0.5, 0.6) is 0 Å². The van der Waals surface area contributed by atoms with Crippen LogP contribution in [0.15, 0.2) is 18.5 Å². The van der Waals surface area contributed by atoms with Crippen LogP contribution in [-0.2, 0) is 13.6 Å². The van der Waals surface area contributed by atoms with Gasteiger partial charge in [0.15, 0.2) is 0 Å². The molecule has 1 aliphatic heterocycles. The van der Waals surface area contributed by atoms with E-state index in [0.717, 1.165) is 12.0 Å². The second kappa shape index (κ2) is 6.73. The number of nitrogens with zero attached hydrogens (tertiary/aromatic N) is 2. The molecule has 0 spiro atoms. The molecule has 0 bridgehead atoms. The van der Waals surface area contributed by atoms with Crippen molar-refractivity contribution in [2.45, 2.75) is 57.2 Å². The summed E-state index contributed by atoms with van der Waals surface area (Å²) in [7, 11) is 1.97. The van der Waals surface area contributed by atoms with Gasteiger partial charge in [-0.3, -0.25) is 0 Å². The van der Waals surface area contributed by atoms with Crippen molar-refractivity contribution in [2.24, 2.45) is 13.0 Å². The molecular weight excluding hydrogens is 278 g/mol. The molecule has 1 saturated heterocycles. The minimum absolute atomic E-state index is 0.0315. The van der Waals surface area contributed by atoms with Gasteiger partial charge in [0.05, 0.1) is 6.10 Å². The highest BCUT2D eigenvalue weighted by Gasteiger charge is 2.39. The van der Waals surface area contributed by atoms with E-state index in [2.05, 4.69) is 5.32 Å². The molecule has 3 rings (SSSR count). The molecule has 0 radical (unpaired) electrons. The van der Waals surface area contributed by atoms with Crippen LogP contribution in [0.1, 0.15) is 44.1 Å². The molecule has 2 amide bonds. The molecule has 0 aromatic carbocycles. The summed E-state index contributed by atoms with van der Waals surface area (Å²) in [5, 5.41) is 13.0. The van der Waals surface area contributed by atoms with Crippen molar-refractivity contribution in [3.63, 3.8) is 0 Å². The zero-order valence-electron chi connectivity index (χ0n) is 13.4. The number of β-amino-alcohol motifs (C(OH)–C–C–N with tert-alkyl or cyclic N) is 1. The first kappa shape index (κ1) is 15.4. The lowest BCUT2D eigenvalue weighted by Gasteiger charge is -2.33. The molecule has 2 fully saturated rings. The number of urea groups is 1. The van der Waals surface area contributed by atoms with Crippen LogP contribution in [0.4, 0.5) is 4.79 Å². The zero-order valence-corrected chi connectivity index (χ0v) is 13.4. The van der Waals surface area contributed by atoms with Crippen LogP contribution in [0.2, 0.25) is 0 Å². The van der Waals surface area contributed by atoms with E-state index in [-0.39, 0.29) is 18.2 Å². The number of amides is 2. The highest BCUT2D eigenvalue weighted by Crippen LogP contribution is 2.34. The van der Waals surface area contributed by atoms with Gasteiger partial charge >= 0.3 is 6.03 Å². The topological polar surface area (TPSA) is 57.5 Å². The lowest BCUT2D eigenvalue weighted by molar-refractivity contribution is 0.153. The summed E-state index contributed by atoms with van der Waals surface area (Å²) >= 11 is 0. The number of likely N-dealkylation sites (tertiary alicyclic amines) is 1. The van der Waals surface area contributed by atoms with Gasteiger partial charge < -0.3 is 19.9 Å². The molecular formula is C17H27N3O2. The third-order valence-electron chi connectivity index (χ3n) is 5.11. The Hall–Kier alpha value is -1.49. The van der Waals surface area contributed by atoms with E-state index in [4.69, 9.17) is 0 Å². The normalized spacial score (nSPS) is 26.4. The third-order valence-corrected chi connectivity index (χ3v) is 5.11. The summed E-state index contributed by atoms with van der Waals surface area (Å²) in [4.78, 5) is 14.4. The highest BCUT2D eigenvalue weighted by molar-refractivity contribution is 5.75. The zero-order chi connectivity index (χ0) is 15.5. The minimum Gasteiger partial charge on any atom is -0.391 e. The van der Waals surface area contributed by atoms with E-state index < -0.39 is 0 Å². The van der Waals surface area contributed by atoms with Gasteiger partial charge in [-0.1, -0.05) is 19.3 Å². The van der Waals surface area contributed by atoms with E-state index in [0.29, 0.717) is 19.0 Å². The molecule has 5 nitrogen and oxygen atoms in total. The lowest BCUT2D eigenvalue weighted by Crippen LogP contribution is -2.46. The van der Waals surface area contributed by atoms with Crippen LogP contribution < -0.4 is 5.32 Å². The standard InChI is InChI=1S/C17H27N3O2/c1-19-8-7-13(11-19)10-18-17(22)20-12-15(21)9-16(20)14-5-3-2-4-6-14/h7-8,11,14-16,21H,2-6,9-10,12H2,1H3,(H,18,22)/t15-,16-/m0/s1. The van der Waals surface area contributed by atoms with E-state index >= 15 is 0 Å². The first-order valence-corrected chi connectivity index (χ1v) is 8.47. The smallest absolute Gasteiger partial charge is 0.318 e. The first-order valence-electron chi connectivity index (χ1n) is 8.47. The largest absolute Gasteiger partial charge is 0.391 e. The Morgan fingerprint density at radius 1 is 1.36 bits per heavy atom. The van der Waals surface area contributed by atoms with Gasteiger partial charge in [-0.05, 0) is 36.8 Å². The van der Waals surface area contributed by atoms with Gasteiger partial charge in [-0.2, -0.15) is 0 Å². The predicted molar refractivity (Wildman–Crippen MR) is 85.3 cm³/mol. The number of hydrogen-bond donors (Lipinski definition) is 2. The fourth-order valence-corrected chi connectivity index (χ4v) is 3.99. The summed E-state index contributed by atoms with van der Waals surface area (Å²) in [6, 6.07) is 2.19. The Morgan fingerprint density at radius 2 is 2.14 bits per heavy atom. The fraction of sp³-hybridized carbons (Fsp3) is 0.706. The Kier molecular flexibility index (Phi) is 4.71. The molecule has 2 aliphatic rings. The Morgan fingerprint density at radius 3 is 2.82 bits per heavy atom. The highest BCUT2D eigenvalue weighted by atomic mass is 16.3. The van der Waals surface area contributed by atoms with E-state index in [9.17, 15) is 9.90 Å². The third kappa shape index (κ3) is 3.46. The number of rotatable bonds is 3. The summed E-state index contributed by atoms with van der Waals surface area (Å²) in [5.74, 6) is 0.563. The maximum atomic E-state index is 12.5. The van der Waals surface area contributed by atoms with Crippen molar-refractivity contribution in [3.8, 4) is 0 Å². The maximum absolute atomic E-state index is 12.5. The number of carbonyl (C=O) groups is 1. The molecule has 1 saturated carbocycles. The van der Waals surface area contributed by atoms with E-state index in [1.807, 2.05) is 35.0 Å². The van der Waals surface area contributed by atoms with Crippen LogP contribution >= 0.6 is 0 Å². The number of aliphatic hydroxyl groups is 1. The molecule has 2 atom stereocenters. The van der Waals surface area contributed by atoms with E-state index in [1.165, 1.54) is 32.1 Å². The van der Waals surface area contributed by atoms with Gasteiger partial charge in [-0.15, -0.1) is 0 Å². The van der Waals surface area contributed by atoms with Gasteiger partial charge in [-0.25, -0.2) is 4.79 Å². The molecule has 1 aromatic heterocycles. The van der Waals surface area contributed by atoms with Crippen LogP contribution in [-0.4, -0.2) is 39.3 Å². The average Bonchev–Trinajstić information content (AvgIpc) is 3.11. The molecule has 1 aliphatic carbocycles. The van der Waals surface area contributed by atoms with Crippen molar-refractivity contribution < 1.29 is 9.90 Å². The number of hydrogen-bond acceptors (Lipinski definition) is 2. The summed E-state index contributed by atoms with van der Waals surface area (Å²) in [6.45, 7) is 1.02. The van der Waals surface area contributed by atoms with Crippen molar-refractivity contribution in [1.29, 1.82) is 0 Å². The molecule has 2 N–H and O–H groups in total. The molecule has 22 heavy (non-hydrogen) atoms. The fourth-order valence-electron chi connectivity index (χ4n) is 3.99.